The lowest BCUT2D eigenvalue weighted by Gasteiger charge is -2.37. The topological polar surface area (TPSA) is 42.0 Å². The highest BCUT2D eigenvalue weighted by atomic mass is 35.5. The number of nitrogens with zero attached hydrogens (tertiary/aromatic N) is 2. The second-order valence-electron chi connectivity index (χ2n) is 6.97. The molecule has 26 heavy (non-hydrogen) atoms. The van der Waals surface area contributed by atoms with Gasteiger partial charge in [0.15, 0.2) is 6.61 Å². The van der Waals surface area contributed by atoms with E-state index < -0.39 is 24.5 Å². The maximum atomic E-state index is 12.4. The second kappa shape index (κ2) is 7.82. The van der Waals surface area contributed by atoms with Gasteiger partial charge >= 0.3 is 12.3 Å². The van der Waals surface area contributed by atoms with E-state index in [0.29, 0.717) is 36.9 Å². The average Bonchev–Trinajstić information content (AvgIpc) is 2.51. The molecule has 0 spiro atoms. The summed E-state index contributed by atoms with van der Waals surface area (Å²) in [7, 11) is 0. The van der Waals surface area contributed by atoms with Gasteiger partial charge in [0.2, 0.25) is 0 Å². The average molecular weight is 395 g/mol. The van der Waals surface area contributed by atoms with Gasteiger partial charge in [0, 0.05) is 31.2 Å². The van der Waals surface area contributed by atoms with Gasteiger partial charge in [-0.15, -0.1) is 0 Å². The lowest BCUT2D eigenvalue weighted by atomic mass is 10.2. The van der Waals surface area contributed by atoms with Crippen LogP contribution in [0.25, 0.3) is 0 Å². The molecule has 1 aromatic carbocycles. The van der Waals surface area contributed by atoms with E-state index in [0.717, 1.165) is 0 Å². The summed E-state index contributed by atoms with van der Waals surface area (Å²) in [6, 6.07) is 4.47. The van der Waals surface area contributed by atoms with E-state index in [2.05, 4.69) is 0 Å². The molecule has 1 aliphatic heterocycles. The molecule has 5 nitrogen and oxygen atoms in total. The van der Waals surface area contributed by atoms with Gasteiger partial charge in [-0.05, 0) is 39.0 Å². The summed E-state index contributed by atoms with van der Waals surface area (Å²) in [5.74, 6) is 0.109. The molecule has 2 rings (SSSR count). The minimum absolute atomic E-state index is 0.109. The third-order valence-electron chi connectivity index (χ3n) is 3.58. The Morgan fingerprint density at radius 1 is 1.15 bits per heavy atom. The third-order valence-corrected chi connectivity index (χ3v) is 3.82. The van der Waals surface area contributed by atoms with Crippen molar-refractivity contribution in [3.63, 3.8) is 0 Å². The molecule has 0 atom stereocenters. The summed E-state index contributed by atoms with van der Waals surface area (Å²) >= 11 is 5.99. The first-order chi connectivity index (χ1) is 11.9. The predicted molar refractivity (Wildman–Crippen MR) is 93.0 cm³/mol. The van der Waals surface area contributed by atoms with Crippen LogP contribution in [0.15, 0.2) is 18.2 Å². The van der Waals surface area contributed by atoms with E-state index in [1.165, 1.54) is 12.1 Å². The number of rotatable bonds is 3. The van der Waals surface area contributed by atoms with Crippen LogP contribution in [0.4, 0.5) is 23.7 Å². The van der Waals surface area contributed by atoms with Crippen LogP contribution < -0.4 is 9.64 Å². The molecule has 1 aromatic rings. The van der Waals surface area contributed by atoms with Gasteiger partial charge in [-0.1, -0.05) is 11.6 Å². The van der Waals surface area contributed by atoms with Crippen LogP contribution in [0.1, 0.15) is 20.8 Å². The second-order valence-corrected chi connectivity index (χ2v) is 7.41. The summed E-state index contributed by atoms with van der Waals surface area (Å²) in [6.07, 6.45) is -4.83. The van der Waals surface area contributed by atoms with E-state index in [4.69, 9.17) is 21.1 Å². The molecule has 0 radical (unpaired) electrons. The summed E-state index contributed by atoms with van der Waals surface area (Å²) in [4.78, 5) is 15.5. The van der Waals surface area contributed by atoms with Crippen molar-refractivity contribution in [2.45, 2.75) is 32.5 Å². The Hall–Kier alpha value is -1.83. The van der Waals surface area contributed by atoms with Crippen LogP contribution in [0, 0.1) is 0 Å². The molecule has 1 saturated heterocycles. The van der Waals surface area contributed by atoms with E-state index >= 15 is 0 Å². The fourth-order valence-corrected chi connectivity index (χ4v) is 2.64. The number of anilines is 1. The summed E-state index contributed by atoms with van der Waals surface area (Å²) in [5.41, 5.74) is -0.106. The van der Waals surface area contributed by atoms with Crippen molar-refractivity contribution in [1.29, 1.82) is 0 Å². The molecule has 1 aliphatic rings. The van der Waals surface area contributed by atoms with Crippen LogP contribution in [-0.2, 0) is 4.74 Å². The number of ether oxygens (including phenoxy) is 2. The van der Waals surface area contributed by atoms with Crippen molar-refractivity contribution in [3.8, 4) is 5.75 Å². The number of hydrogen-bond donors (Lipinski definition) is 0. The maximum Gasteiger partial charge on any atom is 0.422 e. The number of carbonyl (C=O) groups is 1. The smallest absolute Gasteiger partial charge is 0.422 e. The van der Waals surface area contributed by atoms with Gasteiger partial charge in [0.05, 0.1) is 5.69 Å². The highest BCUT2D eigenvalue weighted by molar-refractivity contribution is 6.30. The lowest BCUT2D eigenvalue weighted by molar-refractivity contribution is -0.153. The minimum atomic E-state index is -4.42. The zero-order valence-corrected chi connectivity index (χ0v) is 15.7. The highest BCUT2D eigenvalue weighted by Gasteiger charge is 2.30. The molecule has 1 heterocycles. The zero-order valence-electron chi connectivity index (χ0n) is 14.9. The first-order valence-electron chi connectivity index (χ1n) is 8.16. The Balaban J connectivity index is 2.04. The van der Waals surface area contributed by atoms with Crippen LogP contribution in [0.5, 0.6) is 5.75 Å². The number of amides is 1. The van der Waals surface area contributed by atoms with Crippen molar-refractivity contribution in [2.24, 2.45) is 0 Å². The van der Waals surface area contributed by atoms with Crippen LogP contribution in [0.2, 0.25) is 5.02 Å². The van der Waals surface area contributed by atoms with E-state index in [-0.39, 0.29) is 5.75 Å². The number of halogens is 4. The first-order valence-corrected chi connectivity index (χ1v) is 8.54. The number of alkyl halides is 3. The molecule has 0 bridgehead atoms. The summed E-state index contributed by atoms with van der Waals surface area (Å²) < 4.78 is 47.6. The molecule has 146 valence electrons. The van der Waals surface area contributed by atoms with Gasteiger partial charge in [-0.2, -0.15) is 13.2 Å². The highest BCUT2D eigenvalue weighted by Crippen LogP contribution is 2.33. The minimum Gasteiger partial charge on any atom is -0.482 e. The van der Waals surface area contributed by atoms with E-state index in [9.17, 15) is 18.0 Å². The Labute approximate surface area is 155 Å². The van der Waals surface area contributed by atoms with Crippen molar-refractivity contribution >= 4 is 23.4 Å². The fourth-order valence-electron chi connectivity index (χ4n) is 2.48. The van der Waals surface area contributed by atoms with Gasteiger partial charge in [-0.3, -0.25) is 0 Å². The molecular formula is C17H22ClF3N2O3. The van der Waals surface area contributed by atoms with Gasteiger partial charge in [-0.25, -0.2) is 4.79 Å². The SMILES string of the molecule is CC(C)(C)OC(=O)N1CCN(c2cc(Cl)ccc2OCC(F)(F)F)CC1. The van der Waals surface area contributed by atoms with Crippen molar-refractivity contribution < 1.29 is 27.4 Å². The molecular weight excluding hydrogens is 373 g/mol. The molecule has 0 aromatic heterocycles. The van der Waals surface area contributed by atoms with Crippen LogP contribution in [-0.4, -0.2) is 55.6 Å². The third kappa shape index (κ3) is 6.16. The molecule has 0 aliphatic carbocycles. The van der Waals surface area contributed by atoms with E-state index in [1.54, 1.807) is 31.7 Å². The van der Waals surface area contributed by atoms with Crippen LogP contribution >= 0.6 is 11.6 Å². The molecule has 0 N–H and O–H groups in total. The maximum absolute atomic E-state index is 12.4. The standard InChI is InChI=1S/C17H22ClF3N2O3/c1-16(2,3)26-15(24)23-8-6-22(7-9-23)13-10-12(18)4-5-14(13)25-11-17(19,20)21/h4-5,10H,6-9,11H2,1-3H3. The monoisotopic (exact) mass is 394 g/mol. The number of piperazine rings is 1. The van der Waals surface area contributed by atoms with Crippen molar-refractivity contribution in [1.82, 2.24) is 4.90 Å². The number of benzene rings is 1. The van der Waals surface area contributed by atoms with Gasteiger partial charge in [0.1, 0.15) is 11.4 Å². The fraction of sp³-hybridized carbons (Fsp3) is 0.588. The molecule has 0 unspecified atom stereocenters. The lowest BCUT2D eigenvalue weighted by Crippen LogP contribution is -2.50. The summed E-state index contributed by atoms with van der Waals surface area (Å²) in [5, 5.41) is 0.397. The Morgan fingerprint density at radius 2 is 1.77 bits per heavy atom. The largest absolute Gasteiger partial charge is 0.482 e. The van der Waals surface area contributed by atoms with E-state index in [1.807, 2.05) is 4.90 Å². The quantitative estimate of drug-likeness (QED) is 0.765. The van der Waals surface area contributed by atoms with Gasteiger partial charge in [0.25, 0.3) is 0 Å². The number of hydrogen-bond acceptors (Lipinski definition) is 4. The molecule has 9 heteroatoms. The molecule has 0 saturated carbocycles. The van der Waals surface area contributed by atoms with Gasteiger partial charge < -0.3 is 19.3 Å². The predicted octanol–water partition coefficient (Wildman–Crippen LogP) is 4.34. The Bertz CT molecular complexity index is 639. The zero-order chi connectivity index (χ0) is 19.5. The Morgan fingerprint density at radius 3 is 2.31 bits per heavy atom. The molecule has 1 fully saturated rings. The van der Waals surface area contributed by atoms with Crippen molar-refractivity contribution in [3.05, 3.63) is 23.2 Å². The Kier molecular flexibility index (Phi) is 6.16. The first kappa shape index (κ1) is 20.5. The number of carbonyl (C=O) groups excluding carboxylic acids is 1. The molecule has 1 amide bonds. The summed E-state index contributed by atoms with van der Waals surface area (Å²) in [6.45, 7) is 5.63. The van der Waals surface area contributed by atoms with Crippen molar-refractivity contribution in [2.75, 3.05) is 37.7 Å². The normalized spacial score (nSPS) is 15.8. The van der Waals surface area contributed by atoms with Crippen LogP contribution in [0.3, 0.4) is 0 Å².